The Morgan fingerprint density at radius 1 is 0.806 bits per heavy atom. The van der Waals surface area contributed by atoms with Gasteiger partial charge in [-0.1, -0.05) is 55.5 Å². The standard InChI is InChI=1S/C45H47F3N6O11S2/c1-4-33-30-50(44(55)36-21-20-34(64-5-2)28-37(36)45(46,47)48)25-26-52(33)38-22-19-31(35-13-7-10-16-41(35)65-6-3)27-32(38)29-51(67(62,63)43-18-12-9-15-40(43)54(58)59)24-23-49-66(60,61)42-17-11-8-14-39(42)53(56)57/h7-22,27-28,33,49H,4-6,23-26,29-30H2,1-3H3/t33-/m1/s1. The first-order valence-electron chi connectivity index (χ1n) is 21.0. The fourth-order valence-corrected chi connectivity index (χ4v) is 10.6. The number of alkyl halides is 3. The Morgan fingerprint density at radius 3 is 2.07 bits per heavy atom. The monoisotopic (exact) mass is 968 g/mol. The van der Waals surface area contributed by atoms with Gasteiger partial charge in [0.05, 0.1) is 34.2 Å². The van der Waals surface area contributed by atoms with Gasteiger partial charge in [-0.15, -0.1) is 0 Å². The fraction of sp³-hybridized carbons (Fsp3) is 0.311. The molecule has 1 atom stereocenters. The lowest BCUT2D eigenvalue weighted by atomic mass is 9.98. The largest absolute Gasteiger partial charge is 0.494 e. The number of benzene rings is 5. The molecular weight excluding hydrogens is 922 g/mol. The van der Waals surface area contributed by atoms with Gasteiger partial charge in [-0.25, -0.2) is 21.6 Å². The lowest BCUT2D eigenvalue weighted by Gasteiger charge is -2.43. The molecule has 5 aromatic rings. The highest BCUT2D eigenvalue weighted by atomic mass is 32.2. The molecule has 6 rings (SSSR count). The van der Waals surface area contributed by atoms with Gasteiger partial charge < -0.3 is 19.3 Å². The highest BCUT2D eigenvalue weighted by Crippen LogP contribution is 2.39. The number of hydrogen-bond acceptors (Lipinski definition) is 12. The number of sulfonamides is 2. The van der Waals surface area contributed by atoms with Crippen LogP contribution in [-0.4, -0.2) is 93.8 Å². The molecule has 1 amide bonds. The smallest absolute Gasteiger partial charge is 0.417 e. The number of nitrogens with zero attached hydrogens (tertiary/aromatic N) is 5. The van der Waals surface area contributed by atoms with Crippen LogP contribution in [0.5, 0.6) is 11.5 Å². The third-order valence-corrected chi connectivity index (χ3v) is 14.4. The van der Waals surface area contributed by atoms with Crippen molar-refractivity contribution < 1.29 is 54.1 Å². The van der Waals surface area contributed by atoms with Gasteiger partial charge in [0, 0.05) is 68.7 Å². The van der Waals surface area contributed by atoms with Gasteiger partial charge in [-0.2, -0.15) is 17.5 Å². The summed E-state index contributed by atoms with van der Waals surface area (Å²) in [7, 11) is -9.48. The summed E-state index contributed by atoms with van der Waals surface area (Å²) in [4.78, 5) is 38.0. The minimum absolute atomic E-state index is 0.0279. The molecule has 1 aliphatic heterocycles. The maximum Gasteiger partial charge on any atom is 0.417 e. The van der Waals surface area contributed by atoms with Gasteiger partial charge in [-0.05, 0) is 79.9 Å². The van der Waals surface area contributed by atoms with Gasteiger partial charge in [0.25, 0.3) is 17.3 Å². The number of rotatable bonds is 19. The molecule has 5 aromatic carbocycles. The Bertz CT molecular complexity index is 2870. The number of amides is 1. The SMILES string of the molecule is CCOc1ccc(C(=O)N2CCN(c3ccc(-c4ccccc4OCC)cc3CN(CCNS(=O)(=O)c3ccccc3[N+](=O)[O-])S(=O)(=O)c3ccccc3[N+](=O)[O-])[C@H](CC)C2)c(C(F)(F)F)c1. The number of halogens is 3. The van der Waals surface area contributed by atoms with Crippen molar-refractivity contribution in [2.45, 2.75) is 55.7 Å². The highest BCUT2D eigenvalue weighted by molar-refractivity contribution is 7.90. The van der Waals surface area contributed by atoms with E-state index < -0.39 is 99.9 Å². The molecule has 1 N–H and O–H groups in total. The number of para-hydroxylation sites is 3. The Kier molecular flexibility index (Phi) is 15.5. The zero-order valence-corrected chi connectivity index (χ0v) is 38.1. The van der Waals surface area contributed by atoms with Crippen LogP contribution in [0.3, 0.4) is 0 Å². The summed E-state index contributed by atoms with van der Waals surface area (Å²) in [6.07, 6.45) is -4.49. The molecule has 1 fully saturated rings. The second-order valence-electron chi connectivity index (χ2n) is 15.1. The summed E-state index contributed by atoms with van der Waals surface area (Å²) in [5.74, 6) is -0.386. The number of anilines is 1. The third-order valence-electron chi connectivity index (χ3n) is 11.0. The van der Waals surface area contributed by atoms with Gasteiger partial charge in [0.15, 0.2) is 9.79 Å². The number of nitro groups is 2. The first kappa shape index (κ1) is 49.8. The summed E-state index contributed by atoms with van der Waals surface area (Å²) < 4.78 is 114. The van der Waals surface area contributed by atoms with Crippen molar-refractivity contribution in [2.24, 2.45) is 0 Å². The molecule has 0 radical (unpaired) electrons. The summed E-state index contributed by atoms with van der Waals surface area (Å²) >= 11 is 0. The van der Waals surface area contributed by atoms with E-state index >= 15 is 0 Å². The quantitative estimate of drug-likeness (QED) is 0.0618. The summed E-state index contributed by atoms with van der Waals surface area (Å²) in [6.45, 7) is 3.90. The number of hydrogen-bond donors (Lipinski definition) is 1. The van der Waals surface area contributed by atoms with E-state index in [2.05, 4.69) is 4.72 Å². The van der Waals surface area contributed by atoms with Crippen LogP contribution in [0, 0.1) is 20.2 Å². The zero-order valence-electron chi connectivity index (χ0n) is 36.5. The molecule has 17 nitrogen and oxygen atoms in total. The van der Waals surface area contributed by atoms with Crippen LogP contribution < -0.4 is 19.1 Å². The maximum atomic E-state index is 14.7. The molecule has 0 saturated carbocycles. The molecule has 67 heavy (non-hydrogen) atoms. The van der Waals surface area contributed by atoms with Gasteiger partial charge >= 0.3 is 6.18 Å². The van der Waals surface area contributed by atoms with E-state index in [9.17, 15) is 55.0 Å². The van der Waals surface area contributed by atoms with Crippen LogP contribution in [0.1, 0.15) is 48.7 Å². The molecule has 0 unspecified atom stereocenters. The number of piperazine rings is 1. The van der Waals surface area contributed by atoms with Crippen molar-refractivity contribution in [1.29, 1.82) is 0 Å². The van der Waals surface area contributed by atoms with E-state index in [-0.39, 0.29) is 32.0 Å². The van der Waals surface area contributed by atoms with Crippen molar-refractivity contribution in [1.82, 2.24) is 13.9 Å². The summed E-state index contributed by atoms with van der Waals surface area (Å²) in [6, 6.07) is 24.2. The lowest BCUT2D eigenvalue weighted by molar-refractivity contribution is -0.388. The van der Waals surface area contributed by atoms with E-state index in [1.807, 2.05) is 11.8 Å². The van der Waals surface area contributed by atoms with Crippen LogP contribution in [0.15, 0.2) is 119 Å². The van der Waals surface area contributed by atoms with Crippen LogP contribution >= 0.6 is 0 Å². The molecular formula is C45H47F3N6O11S2. The molecule has 0 aromatic heterocycles. The molecule has 0 spiro atoms. The van der Waals surface area contributed by atoms with Crippen molar-refractivity contribution >= 4 is 43.0 Å². The predicted molar refractivity (Wildman–Crippen MR) is 242 cm³/mol. The Hall–Kier alpha value is -6.62. The Morgan fingerprint density at radius 2 is 1.43 bits per heavy atom. The molecule has 0 aliphatic carbocycles. The molecule has 356 valence electrons. The minimum atomic E-state index is -4.87. The number of carbonyl (C=O) groups is 1. The molecule has 1 heterocycles. The number of carbonyl (C=O) groups excluding carboxylic acids is 1. The topological polar surface area (TPSA) is 212 Å². The van der Waals surface area contributed by atoms with E-state index in [4.69, 9.17) is 9.47 Å². The second kappa shape index (κ2) is 20.9. The Balaban J connectivity index is 1.43. The van der Waals surface area contributed by atoms with Crippen LogP contribution in [0.4, 0.5) is 30.2 Å². The van der Waals surface area contributed by atoms with Crippen LogP contribution in [0.25, 0.3) is 11.1 Å². The fourth-order valence-electron chi connectivity index (χ4n) is 7.88. The summed E-state index contributed by atoms with van der Waals surface area (Å²) in [5.41, 5.74) is -1.19. The normalized spacial score (nSPS) is 14.5. The molecule has 1 saturated heterocycles. The number of ether oxygens (including phenoxy) is 2. The van der Waals surface area contributed by atoms with Crippen LogP contribution in [-0.2, 0) is 32.8 Å². The van der Waals surface area contributed by atoms with E-state index in [0.29, 0.717) is 41.2 Å². The minimum Gasteiger partial charge on any atom is -0.494 e. The van der Waals surface area contributed by atoms with E-state index in [1.54, 1.807) is 56.3 Å². The average molecular weight is 969 g/mol. The van der Waals surface area contributed by atoms with E-state index in [1.165, 1.54) is 35.2 Å². The van der Waals surface area contributed by atoms with Crippen molar-refractivity contribution in [3.8, 4) is 22.6 Å². The second-order valence-corrected chi connectivity index (χ2v) is 18.7. The van der Waals surface area contributed by atoms with Gasteiger partial charge in [0.2, 0.25) is 20.0 Å². The Labute approximate surface area is 385 Å². The van der Waals surface area contributed by atoms with Crippen molar-refractivity contribution in [2.75, 3.05) is 50.8 Å². The number of nitrogens with one attached hydrogen (secondary N) is 1. The van der Waals surface area contributed by atoms with E-state index in [0.717, 1.165) is 40.7 Å². The van der Waals surface area contributed by atoms with Crippen molar-refractivity contribution in [3.63, 3.8) is 0 Å². The molecule has 22 heteroatoms. The molecule has 1 aliphatic rings. The maximum absolute atomic E-state index is 14.7. The lowest BCUT2D eigenvalue weighted by Crippen LogP contribution is -2.55. The first-order chi connectivity index (χ1) is 31.8. The highest BCUT2D eigenvalue weighted by Gasteiger charge is 2.39. The van der Waals surface area contributed by atoms with Gasteiger partial charge in [-0.3, -0.25) is 25.0 Å². The van der Waals surface area contributed by atoms with Crippen LogP contribution in [0.2, 0.25) is 0 Å². The zero-order chi connectivity index (χ0) is 48.7. The first-order valence-corrected chi connectivity index (χ1v) is 24.0. The van der Waals surface area contributed by atoms with Gasteiger partial charge in [0.1, 0.15) is 11.5 Å². The predicted octanol–water partition coefficient (Wildman–Crippen LogP) is 7.90. The summed E-state index contributed by atoms with van der Waals surface area (Å²) in [5, 5.41) is 23.9. The number of nitro benzene ring substituents is 2. The third kappa shape index (κ3) is 11.2. The van der Waals surface area contributed by atoms with Crippen molar-refractivity contribution in [3.05, 3.63) is 146 Å². The average Bonchev–Trinajstić information content (AvgIpc) is 3.30. The molecule has 0 bridgehead atoms.